The third-order valence-corrected chi connectivity index (χ3v) is 4.52. The second-order valence-electron chi connectivity index (χ2n) is 6.19. The molecule has 0 radical (unpaired) electrons. The Balaban J connectivity index is 1.64. The second kappa shape index (κ2) is 9.49. The number of nitrogens with one attached hydrogen (secondary N) is 2. The van der Waals surface area contributed by atoms with Crippen LogP contribution >= 0.6 is 11.6 Å². The van der Waals surface area contributed by atoms with Gasteiger partial charge in [0.15, 0.2) is 0 Å². The van der Waals surface area contributed by atoms with Crippen molar-refractivity contribution in [2.45, 2.75) is 25.8 Å². The van der Waals surface area contributed by atoms with Crippen molar-refractivity contribution in [1.29, 1.82) is 0 Å². The number of nitrogens with zero attached hydrogens (tertiary/aromatic N) is 1. The molecule has 6 nitrogen and oxygen atoms in total. The number of carbonyl (C=O) groups excluding carboxylic acids is 2. The van der Waals surface area contributed by atoms with Gasteiger partial charge in [-0.3, -0.25) is 4.79 Å². The molecular formula is C17H26ClN4O2+. The summed E-state index contributed by atoms with van der Waals surface area (Å²) in [7, 11) is 0. The van der Waals surface area contributed by atoms with Crippen molar-refractivity contribution in [3.8, 4) is 0 Å². The van der Waals surface area contributed by atoms with Crippen LogP contribution in [-0.4, -0.2) is 49.6 Å². The first-order chi connectivity index (χ1) is 11.5. The molecule has 132 valence electrons. The van der Waals surface area contributed by atoms with Crippen molar-refractivity contribution in [1.82, 2.24) is 10.2 Å². The van der Waals surface area contributed by atoms with Gasteiger partial charge in [0.1, 0.15) is 6.54 Å². The van der Waals surface area contributed by atoms with Crippen LogP contribution in [0, 0.1) is 0 Å². The first kappa shape index (κ1) is 18.5. The van der Waals surface area contributed by atoms with Crippen LogP contribution in [0.4, 0.5) is 4.79 Å². The minimum absolute atomic E-state index is 0.205. The molecule has 0 unspecified atom stereocenters. The predicted molar refractivity (Wildman–Crippen MR) is 93.9 cm³/mol. The van der Waals surface area contributed by atoms with E-state index >= 15 is 0 Å². The third kappa shape index (κ3) is 6.37. The molecule has 0 spiro atoms. The summed E-state index contributed by atoms with van der Waals surface area (Å²) in [6.07, 6.45) is 2.08. The zero-order valence-corrected chi connectivity index (χ0v) is 14.6. The van der Waals surface area contributed by atoms with E-state index in [2.05, 4.69) is 11.4 Å². The van der Waals surface area contributed by atoms with E-state index in [4.69, 9.17) is 17.3 Å². The van der Waals surface area contributed by atoms with Crippen molar-refractivity contribution >= 4 is 23.5 Å². The summed E-state index contributed by atoms with van der Waals surface area (Å²) in [4.78, 5) is 26.2. The lowest BCUT2D eigenvalue weighted by Crippen LogP contribution is -3.13. The molecule has 24 heavy (non-hydrogen) atoms. The van der Waals surface area contributed by atoms with Crippen molar-refractivity contribution in [2.24, 2.45) is 5.73 Å². The number of hydrogen-bond donors (Lipinski definition) is 3. The van der Waals surface area contributed by atoms with Gasteiger partial charge in [-0.15, -0.1) is 0 Å². The van der Waals surface area contributed by atoms with Crippen molar-refractivity contribution in [3.63, 3.8) is 0 Å². The number of halogens is 1. The summed E-state index contributed by atoms with van der Waals surface area (Å²) in [5.74, 6) is 0.205. The van der Waals surface area contributed by atoms with Gasteiger partial charge in [-0.05, 0) is 25.0 Å². The zero-order valence-electron chi connectivity index (χ0n) is 13.9. The highest BCUT2D eigenvalue weighted by Crippen LogP contribution is 2.09. The van der Waals surface area contributed by atoms with Gasteiger partial charge in [-0.1, -0.05) is 23.7 Å². The van der Waals surface area contributed by atoms with Gasteiger partial charge in [0.25, 0.3) is 0 Å². The van der Waals surface area contributed by atoms with Gasteiger partial charge >= 0.3 is 6.03 Å². The van der Waals surface area contributed by atoms with E-state index in [9.17, 15) is 9.59 Å². The lowest BCUT2D eigenvalue weighted by Gasteiger charge is -2.32. The van der Waals surface area contributed by atoms with E-state index in [1.54, 1.807) is 0 Å². The number of primary amides is 1. The average molecular weight is 354 g/mol. The minimum Gasteiger partial charge on any atom is -0.352 e. The van der Waals surface area contributed by atoms with E-state index in [1.807, 2.05) is 23.1 Å². The van der Waals surface area contributed by atoms with Crippen LogP contribution in [0.15, 0.2) is 24.3 Å². The Morgan fingerprint density at radius 1 is 1.25 bits per heavy atom. The number of unbranched alkanes of at least 4 members (excludes halogenated alkanes) is 1. The summed E-state index contributed by atoms with van der Waals surface area (Å²) in [6.45, 7) is 4.99. The number of rotatable bonds is 7. The van der Waals surface area contributed by atoms with Crippen LogP contribution in [0.1, 0.15) is 24.8 Å². The Morgan fingerprint density at radius 3 is 2.67 bits per heavy atom. The first-order valence-electron chi connectivity index (χ1n) is 8.43. The molecule has 0 aromatic heterocycles. The highest BCUT2D eigenvalue weighted by atomic mass is 35.5. The van der Waals surface area contributed by atoms with Crippen LogP contribution in [0.5, 0.6) is 0 Å². The highest BCUT2D eigenvalue weighted by Gasteiger charge is 2.23. The summed E-state index contributed by atoms with van der Waals surface area (Å²) in [5.41, 5.74) is 6.23. The standard InChI is InChI=1S/C17H25ClN4O2/c18-15-5-3-4-14(12-15)13-21-8-10-22(11-9-21)16(23)6-1-2-7-20-17(19)24/h3-5,12H,1-2,6-11,13H2,(H3,19,20,24)/p+1. The molecule has 1 aromatic carbocycles. The topological polar surface area (TPSA) is 79.9 Å². The van der Waals surface area contributed by atoms with E-state index < -0.39 is 6.03 Å². The van der Waals surface area contributed by atoms with Crippen molar-refractivity contribution < 1.29 is 14.5 Å². The van der Waals surface area contributed by atoms with Gasteiger partial charge in [-0.25, -0.2) is 4.79 Å². The molecule has 1 aliphatic rings. The first-order valence-corrected chi connectivity index (χ1v) is 8.81. The molecule has 2 rings (SSSR count). The molecule has 0 bridgehead atoms. The second-order valence-corrected chi connectivity index (χ2v) is 6.62. The number of amides is 3. The zero-order chi connectivity index (χ0) is 17.4. The largest absolute Gasteiger partial charge is 0.352 e. The molecule has 3 amide bonds. The number of piperazine rings is 1. The summed E-state index contributed by atoms with van der Waals surface area (Å²) in [6, 6.07) is 7.45. The van der Waals surface area contributed by atoms with Crippen LogP contribution in [0.2, 0.25) is 5.02 Å². The SMILES string of the molecule is NC(=O)NCCCCC(=O)N1CC[NH+](Cc2cccc(Cl)c2)CC1. The van der Waals surface area contributed by atoms with Gasteiger partial charge in [-0.2, -0.15) is 0 Å². The number of benzene rings is 1. The molecule has 1 heterocycles. The molecule has 0 atom stereocenters. The molecule has 1 fully saturated rings. The van der Waals surface area contributed by atoms with Gasteiger partial charge < -0.3 is 20.9 Å². The monoisotopic (exact) mass is 353 g/mol. The molecule has 4 N–H and O–H groups in total. The van der Waals surface area contributed by atoms with Crippen molar-refractivity contribution in [2.75, 3.05) is 32.7 Å². The van der Waals surface area contributed by atoms with Crippen molar-refractivity contribution in [3.05, 3.63) is 34.9 Å². The van der Waals surface area contributed by atoms with E-state index in [0.717, 1.165) is 50.6 Å². The summed E-state index contributed by atoms with van der Waals surface area (Å²) < 4.78 is 0. The normalized spacial score (nSPS) is 15.3. The molecule has 0 saturated carbocycles. The molecule has 1 saturated heterocycles. The highest BCUT2D eigenvalue weighted by molar-refractivity contribution is 6.30. The Kier molecular flexibility index (Phi) is 7.34. The summed E-state index contributed by atoms with van der Waals surface area (Å²) in [5, 5.41) is 3.30. The van der Waals surface area contributed by atoms with Crippen LogP contribution < -0.4 is 16.0 Å². The van der Waals surface area contributed by atoms with Gasteiger partial charge in [0.2, 0.25) is 5.91 Å². The van der Waals surface area contributed by atoms with E-state index in [0.29, 0.717) is 13.0 Å². The third-order valence-electron chi connectivity index (χ3n) is 4.28. The fourth-order valence-corrected chi connectivity index (χ4v) is 3.17. The van der Waals surface area contributed by atoms with Gasteiger partial charge in [0, 0.05) is 23.6 Å². The average Bonchev–Trinajstić information content (AvgIpc) is 2.55. The minimum atomic E-state index is -0.514. The molecule has 1 aliphatic heterocycles. The maximum atomic E-state index is 12.2. The number of urea groups is 1. The number of carbonyl (C=O) groups is 2. The fraction of sp³-hybridized carbons (Fsp3) is 0.529. The lowest BCUT2D eigenvalue weighted by atomic mass is 10.1. The number of quaternary nitrogens is 1. The number of hydrogen-bond acceptors (Lipinski definition) is 2. The quantitative estimate of drug-likeness (QED) is 0.620. The Hall–Kier alpha value is -1.79. The van der Waals surface area contributed by atoms with Gasteiger partial charge in [0.05, 0.1) is 26.2 Å². The maximum absolute atomic E-state index is 12.2. The lowest BCUT2D eigenvalue weighted by molar-refractivity contribution is -0.917. The van der Waals surface area contributed by atoms with E-state index in [-0.39, 0.29) is 5.91 Å². The molecular weight excluding hydrogens is 328 g/mol. The fourth-order valence-electron chi connectivity index (χ4n) is 2.96. The Bertz CT molecular complexity index is 559. The Labute approximate surface area is 147 Å². The van der Waals surface area contributed by atoms with Crippen LogP contribution in [0.3, 0.4) is 0 Å². The maximum Gasteiger partial charge on any atom is 0.312 e. The Morgan fingerprint density at radius 2 is 2.00 bits per heavy atom. The van der Waals surface area contributed by atoms with Crippen LogP contribution in [-0.2, 0) is 11.3 Å². The van der Waals surface area contributed by atoms with Crippen LogP contribution in [0.25, 0.3) is 0 Å². The van der Waals surface area contributed by atoms with E-state index in [1.165, 1.54) is 10.5 Å². The predicted octanol–water partition coefficient (Wildman–Crippen LogP) is 0.406. The molecule has 1 aromatic rings. The molecule has 7 heteroatoms. The summed E-state index contributed by atoms with van der Waals surface area (Å²) >= 11 is 6.02. The molecule has 0 aliphatic carbocycles. The number of nitrogens with two attached hydrogens (primary N) is 1. The smallest absolute Gasteiger partial charge is 0.312 e.